The van der Waals surface area contributed by atoms with Gasteiger partial charge in [-0.05, 0) is 85.2 Å². The Kier molecular flexibility index (Phi) is 8.24. The minimum absolute atomic E-state index is 0.0707. The number of hydrogen-bond acceptors (Lipinski definition) is 8. The van der Waals surface area contributed by atoms with Crippen molar-refractivity contribution < 1.29 is 41.4 Å². The zero-order valence-electron chi connectivity index (χ0n) is 26.7. The maximum atomic E-state index is 14.0. The lowest BCUT2D eigenvalue weighted by Crippen LogP contribution is -2.42. The third-order valence-electron chi connectivity index (χ3n) is 10.3. The van der Waals surface area contributed by atoms with Crippen molar-refractivity contribution in [3.63, 3.8) is 0 Å². The number of benzene rings is 3. The Morgan fingerprint density at radius 3 is 2.41 bits per heavy atom. The molecular formula is C36H29F4N3O6S2. The second-order valence-electron chi connectivity index (χ2n) is 13.0. The second kappa shape index (κ2) is 12.5. The molecule has 3 aromatic carbocycles. The van der Waals surface area contributed by atoms with Gasteiger partial charge >= 0.3 is 11.0 Å². The first kappa shape index (κ1) is 33.5. The number of carbonyl (C=O) groups excluding carboxylic acids is 3. The van der Waals surface area contributed by atoms with Crippen LogP contribution in [-0.4, -0.2) is 41.2 Å². The van der Waals surface area contributed by atoms with Crippen molar-refractivity contribution in [3.8, 4) is 11.5 Å². The minimum Gasteiger partial charge on any atom is -0.490 e. The zero-order valence-corrected chi connectivity index (χ0v) is 28.4. The number of H-pyrrole nitrogens is 1. The van der Waals surface area contributed by atoms with Crippen molar-refractivity contribution in [2.24, 2.45) is 29.6 Å². The summed E-state index contributed by atoms with van der Waals surface area (Å²) in [6.45, 7) is 1.42. The van der Waals surface area contributed by atoms with E-state index in [0.717, 1.165) is 38.9 Å². The van der Waals surface area contributed by atoms with Crippen LogP contribution in [0.3, 0.4) is 0 Å². The number of thiazole rings is 1. The lowest BCUT2D eigenvalue weighted by Gasteiger charge is -2.43. The summed E-state index contributed by atoms with van der Waals surface area (Å²) >= 11 is 2.65. The van der Waals surface area contributed by atoms with E-state index in [1.807, 2.05) is 0 Å². The predicted octanol–water partition coefficient (Wildman–Crippen LogP) is 6.69. The summed E-state index contributed by atoms with van der Waals surface area (Å²) in [6.07, 6.45) is -3.98. The highest BCUT2D eigenvalue weighted by Gasteiger charge is 2.69. The van der Waals surface area contributed by atoms with Crippen LogP contribution in [-0.2, 0) is 20.6 Å². The van der Waals surface area contributed by atoms with Crippen LogP contribution in [0.4, 0.5) is 28.9 Å². The molecule has 2 aliphatic carbocycles. The average molecular weight is 740 g/mol. The number of nitrogens with zero attached hydrogens (tertiary/aromatic N) is 1. The fourth-order valence-electron chi connectivity index (χ4n) is 8.51. The number of halogens is 4. The second-order valence-corrected chi connectivity index (χ2v) is 15.2. The van der Waals surface area contributed by atoms with Crippen LogP contribution in [0.15, 0.2) is 76.6 Å². The minimum atomic E-state index is -4.66. The molecule has 15 heteroatoms. The Morgan fingerprint density at radius 1 is 0.961 bits per heavy atom. The van der Waals surface area contributed by atoms with E-state index in [1.54, 1.807) is 36.9 Å². The number of aromatic amines is 1. The molecule has 4 aliphatic rings. The van der Waals surface area contributed by atoms with Gasteiger partial charge in [-0.2, -0.15) is 13.2 Å². The van der Waals surface area contributed by atoms with Crippen LogP contribution >= 0.6 is 23.1 Å². The molecule has 0 radical (unpaired) electrons. The van der Waals surface area contributed by atoms with Crippen LogP contribution in [0.2, 0.25) is 0 Å². The molecule has 0 unspecified atom stereocenters. The molecule has 2 N–H and O–H groups in total. The first-order valence-corrected chi connectivity index (χ1v) is 18.0. The van der Waals surface area contributed by atoms with Gasteiger partial charge in [0.1, 0.15) is 5.82 Å². The molecule has 1 saturated heterocycles. The lowest BCUT2D eigenvalue weighted by atomic mass is 9.68. The van der Waals surface area contributed by atoms with Crippen molar-refractivity contribution in [1.82, 2.24) is 4.98 Å². The van der Waals surface area contributed by atoms with Gasteiger partial charge in [0.2, 0.25) is 11.8 Å². The van der Waals surface area contributed by atoms with E-state index in [0.29, 0.717) is 17.9 Å². The van der Waals surface area contributed by atoms with Gasteiger partial charge in [-0.1, -0.05) is 29.5 Å². The average Bonchev–Trinajstić information content (AvgIpc) is 3.83. The van der Waals surface area contributed by atoms with Crippen LogP contribution in [0.1, 0.15) is 35.3 Å². The maximum absolute atomic E-state index is 14.0. The van der Waals surface area contributed by atoms with Crippen LogP contribution in [0, 0.1) is 35.4 Å². The fraction of sp³-hybridized carbons (Fsp3) is 0.333. The first-order chi connectivity index (χ1) is 24.4. The van der Waals surface area contributed by atoms with E-state index in [1.165, 1.54) is 41.3 Å². The molecule has 2 saturated carbocycles. The Bertz CT molecular complexity index is 2120. The number of carbonyl (C=O) groups is 3. The molecule has 1 aromatic heterocycles. The van der Waals surface area contributed by atoms with Gasteiger partial charge in [-0.3, -0.25) is 24.1 Å². The van der Waals surface area contributed by atoms with Crippen molar-refractivity contribution in [2.75, 3.05) is 23.4 Å². The molecule has 2 aliphatic heterocycles. The number of alkyl halides is 3. The number of aromatic nitrogens is 1. The SMILES string of the molecule is CCOc1cc([C@@H]2c3sc(=O)[nH]c3S[C@@H]3[C@@H]4C[C@@H]([C@@H]5C(=O)N(c6ccc(F)cc6)C(=O)[C@@H]45)[C@H]23)ccc1OCC(=O)Nc1ccccc1C(F)(F)F. The molecule has 3 amide bonds. The highest BCUT2D eigenvalue weighted by molar-refractivity contribution is 8.00. The van der Waals surface area contributed by atoms with E-state index in [4.69, 9.17) is 9.47 Å². The number of nitrogens with one attached hydrogen (secondary N) is 2. The monoisotopic (exact) mass is 739 g/mol. The van der Waals surface area contributed by atoms with Gasteiger partial charge in [0.05, 0.1) is 40.4 Å². The molecule has 3 heterocycles. The van der Waals surface area contributed by atoms with E-state index >= 15 is 0 Å². The van der Waals surface area contributed by atoms with Gasteiger partial charge in [0.15, 0.2) is 18.1 Å². The third kappa shape index (κ3) is 5.61. The van der Waals surface area contributed by atoms with Gasteiger partial charge in [0, 0.05) is 16.0 Å². The smallest absolute Gasteiger partial charge is 0.418 e. The van der Waals surface area contributed by atoms with Gasteiger partial charge in [-0.25, -0.2) is 4.39 Å². The van der Waals surface area contributed by atoms with Gasteiger partial charge < -0.3 is 19.8 Å². The largest absolute Gasteiger partial charge is 0.490 e. The fourth-order valence-corrected chi connectivity index (χ4v) is 11.4. The zero-order chi connectivity index (χ0) is 35.8. The molecule has 8 rings (SSSR count). The molecular weight excluding hydrogens is 711 g/mol. The topological polar surface area (TPSA) is 118 Å². The molecule has 3 fully saturated rings. The number of ether oxygens (including phenoxy) is 2. The van der Waals surface area contributed by atoms with Crippen LogP contribution in [0.5, 0.6) is 11.5 Å². The molecule has 264 valence electrons. The van der Waals surface area contributed by atoms with E-state index in [9.17, 15) is 36.7 Å². The van der Waals surface area contributed by atoms with Crippen molar-refractivity contribution in [1.29, 1.82) is 0 Å². The van der Waals surface area contributed by atoms with Gasteiger partial charge in [-0.15, -0.1) is 11.8 Å². The summed E-state index contributed by atoms with van der Waals surface area (Å²) in [5.74, 6) is -3.13. The number of hydrogen-bond donors (Lipinski definition) is 2. The van der Waals surface area contributed by atoms with Crippen molar-refractivity contribution in [2.45, 2.75) is 35.7 Å². The molecule has 7 atom stereocenters. The molecule has 0 spiro atoms. The Labute approximate surface area is 296 Å². The molecule has 2 bridgehead atoms. The number of amides is 3. The molecule has 51 heavy (non-hydrogen) atoms. The van der Waals surface area contributed by atoms with Crippen LogP contribution < -0.4 is 24.6 Å². The Balaban J connectivity index is 1.08. The van der Waals surface area contributed by atoms with Gasteiger partial charge in [0.25, 0.3) is 5.91 Å². The number of imide groups is 1. The summed E-state index contributed by atoms with van der Waals surface area (Å²) in [4.78, 5) is 57.9. The standard InChI is InChI=1S/C36H29F4N3O6S2/c1-2-48-24-13-16(7-12-23(24)49-15-25(44)41-22-6-4-3-5-21(22)36(38,39)40)26-27-19-14-20(30(27)50-32-31(26)51-35(47)42-32)29-28(19)33(45)43(34(29)46)18-10-8-17(37)9-11-18/h3-13,19-20,26-30H,2,14-15H2,1H3,(H,41,44)(H,42,47)/t19-,20-,26+,27-,28+,29+,30-/m1/s1. The number of anilines is 2. The Morgan fingerprint density at radius 2 is 1.69 bits per heavy atom. The summed E-state index contributed by atoms with van der Waals surface area (Å²) < 4.78 is 65.7. The van der Waals surface area contributed by atoms with E-state index < -0.39 is 41.9 Å². The molecule has 9 nitrogen and oxygen atoms in total. The third-order valence-corrected chi connectivity index (χ3v) is 12.9. The van der Waals surface area contributed by atoms with E-state index in [-0.39, 0.29) is 63.7 Å². The number of rotatable bonds is 8. The predicted molar refractivity (Wildman–Crippen MR) is 181 cm³/mol. The first-order valence-electron chi connectivity index (χ1n) is 16.3. The highest BCUT2D eigenvalue weighted by Crippen LogP contribution is 2.68. The van der Waals surface area contributed by atoms with E-state index in [2.05, 4.69) is 10.3 Å². The lowest BCUT2D eigenvalue weighted by molar-refractivity contribution is -0.137. The summed E-state index contributed by atoms with van der Waals surface area (Å²) in [5, 5.41) is 2.92. The van der Waals surface area contributed by atoms with Crippen molar-refractivity contribution >= 4 is 52.2 Å². The Hall–Kier alpha value is -4.63. The summed E-state index contributed by atoms with van der Waals surface area (Å²) in [6, 6.07) is 15.2. The number of thioether (sulfide) groups is 1. The van der Waals surface area contributed by atoms with Crippen molar-refractivity contribution in [3.05, 3.63) is 98.2 Å². The van der Waals surface area contributed by atoms with Crippen LogP contribution in [0.25, 0.3) is 0 Å². The number of fused-ring (bicyclic) bond motifs is 9. The summed E-state index contributed by atoms with van der Waals surface area (Å²) in [7, 11) is 0. The normalized spacial score (nSPS) is 26.1. The summed E-state index contributed by atoms with van der Waals surface area (Å²) in [5.41, 5.74) is -0.239. The molecule has 4 aromatic rings. The maximum Gasteiger partial charge on any atom is 0.418 e. The quantitative estimate of drug-likeness (QED) is 0.153. The highest BCUT2D eigenvalue weighted by atomic mass is 32.2. The number of para-hydroxylation sites is 1.